The highest BCUT2D eigenvalue weighted by atomic mass is 35.5. The van der Waals surface area contributed by atoms with Gasteiger partial charge in [0.15, 0.2) is 0 Å². The van der Waals surface area contributed by atoms with E-state index >= 15 is 0 Å². The normalized spacial score (nSPS) is 10.8. The van der Waals surface area contributed by atoms with E-state index in [0.29, 0.717) is 34.8 Å². The summed E-state index contributed by atoms with van der Waals surface area (Å²) < 4.78 is 1.99. The van der Waals surface area contributed by atoms with Crippen LogP contribution in [0.1, 0.15) is 26.5 Å². The molecule has 0 aliphatic rings. The lowest BCUT2D eigenvalue weighted by Crippen LogP contribution is -2.26. The number of fused-ring (bicyclic) bond motifs is 1. The molecule has 0 radical (unpaired) electrons. The number of anilines is 1. The number of nitrogens with one attached hydrogen (secondary N) is 2. The second-order valence-electron chi connectivity index (χ2n) is 7.10. The van der Waals surface area contributed by atoms with Gasteiger partial charge in [-0.15, -0.1) is 0 Å². The van der Waals surface area contributed by atoms with Gasteiger partial charge in [0.05, 0.1) is 21.6 Å². The number of carbonyl (C=O) groups excluding carboxylic acids is 2. The smallest absolute Gasteiger partial charge is 0.257 e. The third kappa shape index (κ3) is 4.59. The van der Waals surface area contributed by atoms with Crippen molar-refractivity contribution in [2.45, 2.75) is 6.42 Å². The summed E-state index contributed by atoms with van der Waals surface area (Å²) in [6, 6.07) is 21.6. The molecular weight excluding hydrogens is 412 g/mol. The summed E-state index contributed by atoms with van der Waals surface area (Å²) in [5.74, 6) is 0.464. The minimum Gasteiger partial charge on any atom is -0.352 e. The van der Waals surface area contributed by atoms with Gasteiger partial charge in [-0.25, -0.2) is 4.98 Å². The number of carbonyl (C=O) groups is 2. The second-order valence-corrected chi connectivity index (χ2v) is 7.50. The van der Waals surface area contributed by atoms with E-state index in [0.717, 1.165) is 16.9 Å². The van der Waals surface area contributed by atoms with Gasteiger partial charge in [-0.3, -0.25) is 9.59 Å². The molecule has 6 nitrogen and oxygen atoms in total. The van der Waals surface area contributed by atoms with Crippen LogP contribution in [-0.4, -0.2) is 27.9 Å². The highest BCUT2D eigenvalue weighted by Gasteiger charge is 2.13. The molecule has 0 fully saturated rings. The average molecular weight is 433 g/mol. The van der Waals surface area contributed by atoms with Crippen molar-refractivity contribution in [2.24, 2.45) is 7.05 Å². The molecule has 2 N–H and O–H groups in total. The molecule has 0 aliphatic heterocycles. The first kappa shape index (κ1) is 20.6. The number of benzene rings is 3. The summed E-state index contributed by atoms with van der Waals surface area (Å²) in [6.07, 6.45) is 0.588. The summed E-state index contributed by atoms with van der Waals surface area (Å²) in [5.41, 5.74) is 3.40. The van der Waals surface area contributed by atoms with Crippen LogP contribution >= 0.6 is 11.6 Å². The Balaban J connectivity index is 1.44. The van der Waals surface area contributed by atoms with E-state index in [1.807, 2.05) is 48.0 Å². The van der Waals surface area contributed by atoms with E-state index in [9.17, 15) is 9.59 Å². The van der Waals surface area contributed by atoms with Gasteiger partial charge in [-0.2, -0.15) is 0 Å². The van der Waals surface area contributed by atoms with Crippen molar-refractivity contribution in [3.63, 3.8) is 0 Å². The van der Waals surface area contributed by atoms with Crippen LogP contribution < -0.4 is 10.6 Å². The Morgan fingerprint density at radius 2 is 1.71 bits per heavy atom. The Bertz CT molecular complexity index is 1250. The first-order valence-electron chi connectivity index (χ1n) is 9.87. The second kappa shape index (κ2) is 9.02. The standard InChI is InChI=1S/C24H21ClN4O2/c1-29-21-12-11-17(27-24(31)18-9-5-6-10-19(18)25)15-20(21)28-22(29)13-14-26-23(30)16-7-3-2-4-8-16/h2-12,15H,13-14H2,1H3,(H,26,30)(H,27,31). The lowest BCUT2D eigenvalue weighted by Gasteiger charge is -2.07. The van der Waals surface area contributed by atoms with E-state index in [-0.39, 0.29) is 11.8 Å². The quantitative estimate of drug-likeness (QED) is 0.472. The lowest BCUT2D eigenvalue weighted by molar-refractivity contribution is 0.0953. The van der Waals surface area contributed by atoms with Gasteiger partial charge >= 0.3 is 0 Å². The van der Waals surface area contributed by atoms with Crippen molar-refractivity contribution < 1.29 is 9.59 Å². The van der Waals surface area contributed by atoms with Crippen LogP contribution in [0.15, 0.2) is 72.8 Å². The van der Waals surface area contributed by atoms with Crippen LogP contribution in [0.2, 0.25) is 5.02 Å². The Labute approximate surface area is 184 Å². The fraction of sp³-hybridized carbons (Fsp3) is 0.125. The van der Waals surface area contributed by atoms with E-state index < -0.39 is 0 Å². The fourth-order valence-corrected chi connectivity index (χ4v) is 3.60. The van der Waals surface area contributed by atoms with Gasteiger partial charge in [-0.05, 0) is 42.5 Å². The summed E-state index contributed by atoms with van der Waals surface area (Å²) >= 11 is 6.11. The van der Waals surface area contributed by atoms with Crippen LogP contribution in [0.3, 0.4) is 0 Å². The Kier molecular flexibility index (Phi) is 6.00. The zero-order valence-electron chi connectivity index (χ0n) is 16.9. The van der Waals surface area contributed by atoms with Crippen LogP contribution in [-0.2, 0) is 13.5 Å². The Hall–Kier alpha value is -3.64. The number of rotatable bonds is 6. The number of halogens is 1. The number of aromatic nitrogens is 2. The minimum atomic E-state index is -0.273. The molecule has 0 saturated carbocycles. The molecule has 0 bridgehead atoms. The Morgan fingerprint density at radius 3 is 2.48 bits per heavy atom. The van der Waals surface area contributed by atoms with E-state index in [2.05, 4.69) is 15.6 Å². The minimum absolute atomic E-state index is 0.107. The van der Waals surface area contributed by atoms with E-state index in [1.165, 1.54) is 0 Å². The summed E-state index contributed by atoms with van der Waals surface area (Å²) in [4.78, 5) is 29.4. The number of imidazole rings is 1. The largest absolute Gasteiger partial charge is 0.352 e. The maximum Gasteiger partial charge on any atom is 0.257 e. The van der Waals surface area contributed by atoms with Gasteiger partial charge in [0.25, 0.3) is 11.8 Å². The lowest BCUT2D eigenvalue weighted by atomic mass is 10.2. The van der Waals surface area contributed by atoms with Gasteiger partial charge in [0.1, 0.15) is 5.82 Å². The highest BCUT2D eigenvalue weighted by molar-refractivity contribution is 6.34. The van der Waals surface area contributed by atoms with Gasteiger partial charge in [0.2, 0.25) is 0 Å². The third-order valence-corrected chi connectivity index (χ3v) is 5.35. The number of hydrogen-bond acceptors (Lipinski definition) is 3. The molecule has 4 rings (SSSR count). The summed E-state index contributed by atoms with van der Waals surface area (Å²) in [6.45, 7) is 0.473. The predicted molar refractivity (Wildman–Crippen MR) is 123 cm³/mol. The molecule has 31 heavy (non-hydrogen) atoms. The van der Waals surface area contributed by atoms with Crippen LogP contribution in [0.25, 0.3) is 11.0 Å². The molecule has 4 aromatic rings. The van der Waals surface area contributed by atoms with Crippen molar-refractivity contribution in [1.29, 1.82) is 0 Å². The predicted octanol–water partition coefficient (Wildman–Crippen LogP) is 4.45. The van der Waals surface area contributed by atoms with Crippen LogP contribution in [0, 0.1) is 0 Å². The molecular formula is C24H21ClN4O2. The molecule has 156 valence electrons. The van der Waals surface area contributed by atoms with Gasteiger partial charge < -0.3 is 15.2 Å². The highest BCUT2D eigenvalue weighted by Crippen LogP contribution is 2.22. The third-order valence-electron chi connectivity index (χ3n) is 5.02. The molecule has 2 amide bonds. The number of nitrogens with zero attached hydrogens (tertiary/aromatic N) is 2. The maximum absolute atomic E-state index is 12.5. The first-order chi connectivity index (χ1) is 15.0. The maximum atomic E-state index is 12.5. The number of aryl methyl sites for hydroxylation is 1. The van der Waals surface area contributed by atoms with Crippen molar-refractivity contribution in [3.05, 3.63) is 94.8 Å². The number of hydrogen-bond donors (Lipinski definition) is 2. The molecule has 0 unspecified atom stereocenters. The van der Waals surface area contributed by atoms with Gasteiger partial charge in [0, 0.05) is 31.3 Å². The fourth-order valence-electron chi connectivity index (χ4n) is 3.37. The number of amides is 2. The zero-order valence-corrected chi connectivity index (χ0v) is 17.7. The summed E-state index contributed by atoms with van der Waals surface area (Å²) in [5, 5.41) is 6.19. The zero-order chi connectivity index (χ0) is 21.8. The van der Waals surface area contributed by atoms with Crippen molar-refractivity contribution in [2.75, 3.05) is 11.9 Å². The topological polar surface area (TPSA) is 76.0 Å². The summed E-state index contributed by atoms with van der Waals surface area (Å²) in [7, 11) is 1.94. The van der Waals surface area contributed by atoms with Crippen molar-refractivity contribution in [3.8, 4) is 0 Å². The molecule has 0 saturated heterocycles. The van der Waals surface area contributed by atoms with E-state index in [1.54, 1.807) is 36.4 Å². The van der Waals surface area contributed by atoms with Crippen molar-refractivity contribution in [1.82, 2.24) is 14.9 Å². The monoisotopic (exact) mass is 432 g/mol. The molecule has 0 aliphatic carbocycles. The molecule has 1 heterocycles. The van der Waals surface area contributed by atoms with Crippen LogP contribution in [0.5, 0.6) is 0 Å². The molecule has 0 atom stereocenters. The SMILES string of the molecule is Cn1c(CCNC(=O)c2ccccc2)nc2cc(NC(=O)c3ccccc3Cl)ccc21. The molecule has 7 heteroatoms. The average Bonchev–Trinajstić information content (AvgIpc) is 3.09. The van der Waals surface area contributed by atoms with Crippen molar-refractivity contribution >= 4 is 40.1 Å². The Morgan fingerprint density at radius 1 is 0.968 bits per heavy atom. The van der Waals surface area contributed by atoms with Crippen LogP contribution in [0.4, 0.5) is 5.69 Å². The first-order valence-corrected chi connectivity index (χ1v) is 10.3. The van der Waals surface area contributed by atoms with Gasteiger partial charge in [-0.1, -0.05) is 41.9 Å². The van der Waals surface area contributed by atoms with E-state index in [4.69, 9.17) is 11.6 Å². The molecule has 3 aromatic carbocycles. The molecule has 1 aromatic heterocycles. The molecule has 0 spiro atoms.